The maximum absolute atomic E-state index is 2.34. The normalized spacial score (nSPS) is 13.2. The molecule has 1 unspecified atom stereocenters. The highest BCUT2D eigenvalue weighted by molar-refractivity contribution is 8.00. The highest BCUT2D eigenvalue weighted by Gasteiger charge is 1.99. The second kappa shape index (κ2) is 9.79. The van der Waals surface area contributed by atoms with E-state index in [1.807, 2.05) is 0 Å². The molecule has 0 saturated carbocycles. The van der Waals surface area contributed by atoms with Crippen molar-refractivity contribution in [1.82, 2.24) is 0 Å². The van der Waals surface area contributed by atoms with Crippen molar-refractivity contribution in [3.63, 3.8) is 0 Å². The van der Waals surface area contributed by atoms with E-state index in [9.17, 15) is 0 Å². The van der Waals surface area contributed by atoms with E-state index in [4.69, 9.17) is 0 Å². The minimum atomic E-state index is 0.865. The largest absolute Gasteiger partial charge is 0.162 e. The number of hydrogen-bond acceptors (Lipinski definition) is 2. The molecule has 0 bridgehead atoms. The molecule has 0 fully saturated rings. The molecule has 0 saturated heterocycles. The molecule has 2 heteroatoms. The summed E-state index contributed by atoms with van der Waals surface area (Å²) in [5.41, 5.74) is 0. The van der Waals surface area contributed by atoms with Crippen molar-refractivity contribution >= 4 is 23.5 Å². The molecule has 0 aliphatic heterocycles. The number of unbranched alkanes of at least 4 members (excludes halogenated alkanes) is 1. The van der Waals surface area contributed by atoms with Crippen LogP contribution in [0.1, 0.15) is 40.0 Å². The van der Waals surface area contributed by atoms with E-state index in [1.165, 1.54) is 36.5 Å². The maximum Gasteiger partial charge on any atom is 0.00264 e. The summed E-state index contributed by atoms with van der Waals surface area (Å²) in [6, 6.07) is 0. The van der Waals surface area contributed by atoms with Crippen LogP contribution in [0.5, 0.6) is 0 Å². The molecule has 0 amide bonds. The van der Waals surface area contributed by atoms with E-state index >= 15 is 0 Å². The van der Waals surface area contributed by atoms with Crippen LogP contribution in [-0.4, -0.2) is 22.5 Å². The molecular formula is C10H22S2. The molecule has 0 radical (unpaired) electrons. The summed E-state index contributed by atoms with van der Waals surface area (Å²) in [4.78, 5) is 0. The zero-order chi connectivity index (χ0) is 9.23. The predicted octanol–water partition coefficient (Wildman–Crippen LogP) is 4.05. The zero-order valence-electron chi connectivity index (χ0n) is 8.64. The van der Waals surface area contributed by atoms with Crippen LogP contribution in [0.25, 0.3) is 0 Å². The Morgan fingerprint density at radius 2 is 1.92 bits per heavy atom. The van der Waals surface area contributed by atoms with Gasteiger partial charge in [-0.25, -0.2) is 0 Å². The van der Waals surface area contributed by atoms with Crippen LogP contribution in [0.2, 0.25) is 0 Å². The summed E-state index contributed by atoms with van der Waals surface area (Å²) in [6.07, 6.45) is 4.11. The zero-order valence-corrected chi connectivity index (χ0v) is 10.3. The topological polar surface area (TPSA) is 0 Å². The first-order valence-electron chi connectivity index (χ1n) is 5.00. The van der Waals surface area contributed by atoms with Crippen LogP contribution in [-0.2, 0) is 0 Å². The van der Waals surface area contributed by atoms with Crippen LogP contribution in [0.15, 0.2) is 0 Å². The molecular weight excluding hydrogens is 184 g/mol. The Morgan fingerprint density at radius 3 is 2.50 bits per heavy atom. The van der Waals surface area contributed by atoms with Crippen molar-refractivity contribution in [2.24, 2.45) is 0 Å². The van der Waals surface area contributed by atoms with E-state index in [2.05, 4.69) is 44.3 Å². The third-order valence-corrected chi connectivity index (χ3v) is 4.00. The van der Waals surface area contributed by atoms with E-state index in [-0.39, 0.29) is 0 Å². The molecule has 0 heterocycles. The van der Waals surface area contributed by atoms with Gasteiger partial charge in [0.1, 0.15) is 0 Å². The van der Waals surface area contributed by atoms with Gasteiger partial charge in [0.05, 0.1) is 0 Å². The Bertz CT molecular complexity index is 83.9. The van der Waals surface area contributed by atoms with Gasteiger partial charge >= 0.3 is 0 Å². The molecule has 0 aromatic rings. The molecule has 0 spiro atoms. The van der Waals surface area contributed by atoms with Gasteiger partial charge in [-0.3, -0.25) is 0 Å². The first kappa shape index (κ1) is 12.7. The van der Waals surface area contributed by atoms with Crippen molar-refractivity contribution in [3.8, 4) is 0 Å². The Morgan fingerprint density at radius 1 is 1.17 bits per heavy atom. The molecule has 74 valence electrons. The van der Waals surface area contributed by atoms with E-state index in [1.54, 1.807) is 0 Å². The summed E-state index contributed by atoms with van der Waals surface area (Å²) in [7, 11) is 0. The molecule has 12 heavy (non-hydrogen) atoms. The maximum atomic E-state index is 2.34. The number of hydrogen-bond donors (Lipinski definition) is 0. The van der Waals surface area contributed by atoms with Gasteiger partial charge in [0.25, 0.3) is 0 Å². The van der Waals surface area contributed by atoms with Crippen LogP contribution in [0, 0.1) is 0 Å². The van der Waals surface area contributed by atoms with E-state index in [0.29, 0.717) is 0 Å². The summed E-state index contributed by atoms with van der Waals surface area (Å²) >= 11 is 4.20. The Labute approximate surface area is 86.3 Å². The molecule has 0 N–H and O–H groups in total. The fourth-order valence-corrected chi connectivity index (χ4v) is 3.19. The Kier molecular flexibility index (Phi) is 10.4. The quantitative estimate of drug-likeness (QED) is 0.550. The van der Waals surface area contributed by atoms with Crippen molar-refractivity contribution in [2.75, 3.05) is 17.3 Å². The molecule has 0 aromatic carbocycles. The minimum Gasteiger partial charge on any atom is -0.162 e. The lowest BCUT2D eigenvalue weighted by Crippen LogP contribution is -1.98. The monoisotopic (exact) mass is 206 g/mol. The van der Waals surface area contributed by atoms with Gasteiger partial charge in [-0.05, 0) is 30.1 Å². The van der Waals surface area contributed by atoms with Gasteiger partial charge in [0.2, 0.25) is 0 Å². The summed E-state index contributed by atoms with van der Waals surface area (Å²) in [5.74, 6) is 3.98. The first-order chi connectivity index (χ1) is 5.81. The molecule has 1 atom stereocenters. The Balaban J connectivity index is 2.97. The summed E-state index contributed by atoms with van der Waals surface area (Å²) in [6.45, 7) is 6.84. The molecule has 0 rings (SSSR count). The van der Waals surface area contributed by atoms with Crippen molar-refractivity contribution in [1.29, 1.82) is 0 Å². The van der Waals surface area contributed by atoms with E-state index in [0.717, 1.165) is 5.25 Å². The van der Waals surface area contributed by atoms with Crippen LogP contribution in [0.3, 0.4) is 0 Å². The number of thioether (sulfide) groups is 2. The van der Waals surface area contributed by atoms with Gasteiger partial charge in [-0.2, -0.15) is 23.5 Å². The molecule has 0 aliphatic carbocycles. The highest BCUT2D eigenvalue weighted by atomic mass is 32.2. The average Bonchev–Trinajstić information content (AvgIpc) is 2.05. The molecule has 0 nitrogen and oxygen atoms in total. The SMILES string of the molecule is CCCCSCCC(C)SCC. The third-order valence-electron chi connectivity index (χ3n) is 1.76. The smallest absolute Gasteiger partial charge is 0.00264 e. The lowest BCUT2D eigenvalue weighted by Gasteiger charge is -2.08. The van der Waals surface area contributed by atoms with Crippen molar-refractivity contribution < 1.29 is 0 Å². The van der Waals surface area contributed by atoms with E-state index < -0.39 is 0 Å². The average molecular weight is 206 g/mol. The van der Waals surface area contributed by atoms with Crippen LogP contribution >= 0.6 is 23.5 Å². The highest BCUT2D eigenvalue weighted by Crippen LogP contribution is 2.16. The second-order valence-corrected chi connectivity index (χ2v) is 5.96. The Hall–Kier alpha value is 0.700. The van der Waals surface area contributed by atoms with Crippen molar-refractivity contribution in [2.45, 2.75) is 45.3 Å². The summed E-state index contributed by atoms with van der Waals surface area (Å²) < 4.78 is 0. The molecule has 0 aliphatic rings. The predicted molar refractivity (Wildman–Crippen MR) is 64.4 cm³/mol. The first-order valence-corrected chi connectivity index (χ1v) is 7.20. The second-order valence-electron chi connectivity index (χ2n) is 3.02. The standard InChI is InChI=1S/C10H22S2/c1-4-6-8-11-9-7-10(3)12-5-2/h10H,4-9H2,1-3H3. The van der Waals surface area contributed by atoms with Gasteiger partial charge in [-0.1, -0.05) is 27.2 Å². The van der Waals surface area contributed by atoms with Crippen LogP contribution < -0.4 is 0 Å². The van der Waals surface area contributed by atoms with Crippen molar-refractivity contribution in [3.05, 3.63) is 0 Å². The molecule has 0 aromatic heterocycles. The van der Waals surface area contributed by atoms with Gasteiger partial charge in [0, 0.05) is 5.25 Å². The van der Waals surface area contributed by atoms with Gasteiger partial charge < -0.3 is 0 Å². The van der Waals surface area contributed by atoms with Crippen LogP contribution in [0.4, 0.5) is 0 Å². The lowest BCUT2D eigenvalue weighted by atomic mass is 10.4. The fraction of sp³-hybridized carbons (Fsp3) is 1.00. The van der Waals surface area contributed by atoms with Gasteiger partial charge in [-0.15, -0.1) is 0 Å². The minimum absolute atomic E-state index is 0.865. The lowest BCUT2D eigenvalue weighted by molar-refractivity contribution is 0.886. The fourth-order valence-electron chi connectivity index (χ4n) is 0.966. The van der Waals surface area contributed by atoms with Gasteiger partial charge in [0.15, 0.2) is 0 Å². The summed E-state index contributed by atoms with van der Waals surface area (Å²) in [5, 5.41) is 0.865. The number of rotatable bonds is 8. The third kappa shape index (κ3) is 8.79.